The lowest BCUT2D eigenvalue weighted by Gasteiger charge is -2.35. The first-order valence-corrected chi connectivity index (χ1v) is 10.0. The number of hydrogen-bond donors (Lipinski definition) is 2. The highest BCUT2D eigenvalue weighted by molar-refractivity contribution is 5.87. The summed E-state index contributed by atoms with van der Waals surface area (Å²) in [7, 11) is 1.95. The summed E-state index contributed by atoms with van der Waals surface area (Å²) < 4.78 is 9.37. The van der Waals surface area contributed by atoms with Crippen molar-refractivity contribution in [1.82, 2.24) is 19.4 Å². The van der Waals surface area contributed by atoms with E-state index in [1.165, 1.54) is 0 Å². The number of benzene rings is 2. The Kier molecular flexibility index (Phi) is 4.52. The molecule has 1 aliphatic carbocycles. The largest absolute Gasteiger partial charge is 0.457 e. The third-order valence-electron chi connectivity index (χ3n) is 5.77. The zero-order valence-corrected chi connectivity index (χ0v) is 16.7. The van der Waals surface area contributed by atoms with Gasteiger partial charge in [0.05, 0.1) is 11.2 Å². The second-order valence-corrected chi connectivity index (χ2v) is 7.57. The molecule has 2 aromatic heterocycles. The molecule has 2 aromatic carbocycles. The molecule has 0 amide bonds. The SMILES string of the molecule is CN[C@H]1C[C@@H](n2c(=O)n(-c3ccc(Oc4ccccc4)cc3)c3c(N)nccc32)C1. The first kappa shape index (κ1) is 18.4. The summed E-state index contributed by atoms with van der Waals surface area (Å²) in [6.45, 7) is 0. The monoisotopic (exact) mass is 401 g/mol. The number of anilines is 1. The van der Waals surface area contributed by atoms with Crippen molar-refractivity contribution >= 4 is 16.9 Å². The molecule has 2 heterocycles. The number of hydrogen-bond acceptors (Lipinski definition) is 5. The number of rotatable bonds is 5. The van der Waals surface area contributed by atoms with Gasteiger partial charge >= 0.3 is 5.69 Å². The van der Waals surface area contributed by atoms with Crippen LogP contribution in [0.1, 0.15) is 18.9 Å². The van der Waals surface area contributed by atoms with Crippen LogP contribution in [0.4, 0.5) is 5.82 Å². The summed E-state index contributed by atoms with van der Waals surface area (Å²) in [5.41, 5.74) is 8.30. The van der Waals surface area contributed by atoms with Crippen molar-refractivity contribution in [2.24, 2.45) is 0 Å². The maximum Gasteiger partial charge on any atom is 0.334 e. The van der Waals surface area contributed by atoms with E-state index < -0.39 is 0 Å². The smallest absolute Gasteiger partial charge is 0.334 e. The van der Waals surface area contributed by atoms with Gasteiger partial charge in [0.25, 0.3) is 0 Å². The van der Waals surface area contributed by atoms with Crippen molar-refractivity contribution in [1.29, 1.82) is 0 Å². The summed E-state index contributed by atoms with van der Waals surface area (Å²) >= 11 is 0. The molecule has 0 saturated heterocycles. The second kappa shape index (κ2) is 7.35. The maximum atomic E-state index is 13.4. The summed E-state index contributed by atoms with van der Waals surface area (Å²) in [6, 6.07) is 19.5. The highest BCUT2D eigenvalue weighted by atomic mass is 16.5. The first-order valence-electron chi connectivity index (χ1n) is 10.0. The van der Waals surface area contributed by atoms with Crippen LogP contribution in [0, 0.1) is 0 Å². The van der Waals surface area contributed by atoms with E-state index in [0.717, 1.165) is 29.8 Å². The van der Waals surface area contributed by atoms with Crippen molar-refractivity contribution in [3.63, 3.8) is 0 Å². The fraction of sp³-hybridized carbons (Fsp3) is 0.217. The Bertz CT molecular complexity index is 1240. The van der Waals surface area contributed by atoms with E-state index >= 15 is 0 Å². The van der Waals surface area contributed by atoms with Gasteiger partial charge < -0.3 is 15.8 Å². The lowest BCUT2D eigenvalue weighted by Crippen LogP contribution is -2.43. The van der Waals surface area contributed by atoms with Gasteiger partial charge in [-0.15, -0.1) is 0 Å². The average molecular weight is 401 g/mol. The molecule has 30 heavy (non-hydrogen) atoms. The van der Waals surface area contributed by atoms with E-state index in [1.54, 1.807) is 10.8 Å². The molecule has 1 saturated carbocycles. The molecule has 0 radical (unpaired) electrons. The van der Waals surface area contributed by atoms with E-state index in [-0.39, 0.29) is 11.7 Å². The Morgan fingerprint density at radius 2 is 1.73 bits per heavy atom. The molecule has 7 nitrogen and oxygen atoms in total. The minimum Gasteiger partial charge on any atom is -0.457 e. The lowest BCUT2D eigenvalue weighted by molar-refractivity contribution is 0.236. The van der Waals surface area contributed by atoms with Gasteiger partial charge in [0.2, 0.25) is 0 Å². The molecule has 0 bridgehead atoms. The molecule has 5 rings (SSSR count). The number of pyridine rings is 1. The fourth-order valence-electron chi connectivity index (χ4n) is 4.10. The Morgan fingerprint density at radius 3 is 2.43 bits per heavy atom. The molecule has 7 heteroatoms. The number of ether oxygens (including phenoxy) is 1. The third-order valence-corrected chi connectivity index (χ3v) is 5.77. The van der Waals surface area contributed by atoms with Crippen molar-refractivity contribution in [3.05, 3.63) is 77.3 Å². The summed E-state index contributed by atoms with van der Waals surface area (Å²) in [5.74, 6) is 1.80. The zero-order chi connectivity index (χ0) is 20.7. The predicted molar refractivity (Wildman–Crippen MR) is 117 cm³/mol. The highest BCUT2D eigenvalue weighted by Crippen LogP contribution is 2.35. The molecule has 152 valence electrons. The van der Waals surface area contributed by atoms with Gasteiger partial charge in [0.15, 0.2) is 0 Å². The molecule has 0 unspecified atom stereocenters. The summed E-state index contributed by atoms with van der Waals surface area (Å²) in [4.78, 5) is 17.7. The molecule has 0 aliphatic heterocycles. The van der Waals surface area contributed by atoms with Gasteiger partial charge in [-0.05, 0) is 62.4 Å². The highest BCUT2D eigenvalue weighted by Gasteiger charge is 2.33. The van der Waals surface area contributed by atoms with Crippen LogP contribution in [0.25, 0.3) is 16.7 Å². The number of nitrogen functional groups attached to an aromatic ring is 1. The summed E-state index contributed by atoms with van der Waals surface area (Å²) in [6.07, 6.45) is 3.49. The Balaban J connectivity index is 1.56. The average Bonchev–Trinajstić information content (AvgIpc) is 3.02. The van der Waals surface area contributed by atoms with Gasteiger partial charge in [0.1, 0.15) is 22.8 Å². The van der Waals surface area contributed by atoms with Crippen LogP contribution in [0.3, 0.4) is 0 Å². The molecule has 0 atom stereocenters. The van der Waals surface area contributed by atoms with E-state index in [4.69, 9.17) is 10.5 Å². The van der Waals surface area contributed by atoms with Crippen LogP contribution in [-0.2, 0) is 0 Å². The molecular weight excluding hydrogens is 378 g/mol. The number of fused-ring (bicyclic) bond motifs is 1. The first-order chi connectivity index (χ1) is 14.7. The number of nitrogens with one attached hydrogen (secondary N) is 1. The topological polar surface area (TPSA) is 87.1 Å². The van der Waals surface area contributed by atoms with E-state index in [0.29, 0.717) is 23.1 Å². The molecule has 1 aliphatic rings. The lowest BCUT2D eigenvalue weighted by atomic mass is 9.86. The standard InChI is InChI=1S/C23H23N5O2/c1-25-15-13-17(14-15)27-20-11-12-26-22(24)21(20)28(23(27)29)16-7-9-19(10-8-16)30-18-5-3-2-4-6-18/h2-12,15,17,25H,13-14H2,1H3,(H2,24,26)/t15-,17+. The quantitative estimate of drug-likeness (QED) is 0.535. The van der Waals surface area contributed by atoms with Crippen LogP contribution < -0.4 is 21.5 Å². The second-order valence-electron chi connectivity index (χ2n) is 7.57. The summed E-state index contributed by atoms with van der Waals surface area (Å²) in [5, 5.41) is 3.27. The van der Waals surface area contributed by atoms with Gasteiger partial charge in [0, 0.05) is 18.3 Å². The maximum absolute atomic E-state index is 13.4. The molecule has 0 spiro atoms. The molecule has 1 fully saturated rings. The molecule has 4 aromatic rings. The van der Waals surface area contributed by atoms with Gasteiger partial charge in [-0.3, -0.25) is 9.13 Å². The van der Waals surface area contributed by atoms with Crippen LogP contribution in [0.2, 0.25) is 0 Å². The van der Waals surface area contributed by atoms with Crippen LogP contribution in [-0.4, -0.2) is 27.2 Å². The van der Waals surface area contributed by atoms with Crippen molar-refractivity contribution in [2.75, 3.05) is 12.8 Å². The number of aromatic nitrogens is 3. The Labute approximate surface area is 173 Å². The Hall–Kier alpha value is -3.58. The minimum atomic E-state index is -0.0963. The van der Waals surface area contributed by atoms with Gasteiger partial charge in [-0.2, -0.15) is 0 Å². The number of nitrogens with two attached hydrogens (primary N) is 1. The number of nitrogens with zero attached hydrogens (tertiary/aromatic N) is 3. The number of imidazole rings is 1. The molecule has 3 N–H and O–H groups in total. The molecular formula is C23H23N5O2. The van der Waals surface area contributed by atoms with Crippen LogP contribution in [0.5, 0.6) is 11.5 Å². The van der Waals surface area contributed by atoms with Crippen molar-refractivity contribution in [3.8, 4) is 17.2 Å². The minimum absolute atomic E-state index is 0.0963. The van der Waals surface area contributed by atoms with E-state index in [1.807, 2.05) is 72.3 Å². The van der Waals surface area contributed by atoms with E-state index in [9.17, 15) is 4.79 Å². The van der Waals surface area contributed by atoms with E-state index in [2.05, 4.69) is 10.3 Å². The normalized spacial score (nSPS) is 18.3. The van der Waals surface area contributed by atoms with Crippen molar-refractivity contribution in [2.45, 2.75) is 24.9 Å². The van der Waals surface area contributed by atoms with Crippen LogP contribution in [0.15, 0.2) is 71.7 Å². The van der Waals surface area contributed by atoms with Gasteiger partial charge in [-0.1, -0.05) is 18.2 Å². The van der Waals surface area contributed by atoms with Crippen molar-refractivity contribution < 1.29 is 4.74 Å². The predicted octanol–water partition coefficient (Wildman–Crippen LogP) is 3.48. The van der Waals surface area contributed by atoms with Gasteiger partial charge in [-0.25, -0.2) is 9.78 Å². The van der Waals surface area contributed by atoms with Crippen LogP contribution >= 0.6 is 0 Å². The Morgan fingerprint density at radius 1 is 1.03 bits per heavy atom. The zero-order valence-electron chi connectivity index (χ0n) is 16.7. The third kappa shape index (κ3) is 3.04. The number of para-hydroxylation sites is 1. The fourth-order valence-corrected chi connectivity index (χ4v) is 4.10.